The lowest BCUT2D eigenvalue weighted by Crippen LogP contribution is -2.50. The van der Waals surface area contributed by atoms with Gasteiger partial charge in [0.25, 0.3) is 0 Å². The number of benzene rings is 1. The smallest absolute Gasteiger partial charge is 0.228 e. The van der Waals surface area contributed by atoms with Crippen molar-refractivity contribution in [3.8, 4) is 0 Å². The van der Waals surface area contributed by atoms with Gasteiger partial charge in [-0.2, -0.15) is 0 Å². The summed E-state index contributed by atoms with van der Waals surface area (Å²) in [5.74, 6) is -0.580. The van der Waals surface area contributed by atoms with Crippen molar-refractivity contribution in [3.63, 3.8) is 0 Å². The molecule has 0 spiro atoms. The molecule has 1 aromatic heterocycles. The van der Waals surface area contributed by atoms with Gasteiger partial charge in [0.05, 0.1) is 18.6 Å². The number of halogens is 1. The Morgan fingerprint density at radius 3 is 3.04 bits per heavy atom. The molecule has 0 saturated heterocycles. The van der Waals surface area contributed by atoms with E-state index in [1.54, 1.807) is 11.3 Å². The quantitative estimate of drug-likeness (QED) is 0.865. The maximum atomic E-state index is 13.5. The van der Waals surface area contributed by atoms with Crippen molar-refractivity contribution in [3.05, 3.63) is 40.8 Å². The van der Waals surface area contributed by atoms with E-state index in [1.807, 2.05) is 13.1 Å². The van der Waals surface area contributed by atoms with Gasteiger partial charge >= 0.3 is 0 Å². The Hall–Kier alpha value is -1.76. The summed E-state index contributed by atoms with van der Waals surface area (Å²) in [5.41, 5.74) is 3.77. The summed E-state index contributed by atoms with van der Waals surface area (Å²) in [6, 6.07) is 5.74. The van der Waals surface area contributed by atoms with Gasteiger partial charge in [-0.15, -0.1) is 11.3 Å². The van der Waals surface area contributed by atoms with Crippen LogP contribution >= 0.6 is 11.3 Å². The van der Waals surface area contributed by atoms with E-state index in [0.717, 1.165) is 6.42 Å². The number of aliphatic hydroxyl groups is 1. The third-order valence-corrected chi connectivity index (χ3v) is 6.57. The van der Waals surface area contributed by atoms with Crippen LogP contribution in [0.5, 0.6) is 0 Å². The number of hydrogen-bond acceptors (Lipinski definition) is 4. The first kappa shape index (κ1) is 17.6. The number of aliphatic hydroxyl groups excluding tert-OH is 1. The van der Waals surface area contributed by atoms with Crippen LogP contribution < -0.4 is 5.32 Å². The number of likely N-dealkylation sites (N-methyl/N-ethyl adjacent to an activating group) is 1. The fourth-order valence-electron chi connectivity index (χ4n) is 4.10. The Balaban J connectivity index is 1.69. The number of nitrogens with zero attached hydrogens (tertiary/aromatic N) is 1. The monoisotopic (exact) mass is 374 g/mol. The number of fused-ring (bicyclic) bond motifs is 2. The van der Waals surface area contributed by atoms with Crippen molar-refractivity contribution in [1.82, 2.24) is 10.2 Å². The van der Waals surface area contributed by atoms with Crippen LogP contribution in [0.2, 0.25) is 0 Å². The van der Waals surface area contributed by atoms with Crippen LogP contribution in [0.15, 0.2) is 29.7 Å². The molecule has 1 aliphatic carbocycles. The summed E-state index contributed by atoms with van der Waals surface area (Å²) in [6.45, 7) is 1.54. The number of carbonyl (C=O) groups is 1. The molecule has 1 aromatic carbocycles. The maximum Gasteiger partial charge on any atom is 0.228 e. The number of nitrogens with one attached hydrogen (secondary N) is 1. The highest BCUT2D eigenvalue weighted by molar-refractivity contribution is 7.17. The van der Waals surface area contributed by atoms with Gasteiger partial charge in [-0.1, -0.05) is 18.2 Å². The number of hydrogen-bond donors (Lipinski definition) is 2. The van der Waals surface area contributed by atoms with Gasteiger partial charge in [-0.25, -0.2) is 4.39 Å². The van der Waals surface area contributed by atoms with E-state index in [0.29, 0.717) is 6.54 Å². The van der Waals surface area contributed by atoms with E-state index in [2.05, 4.69) is 33.8 Å². The fraction of sp³-hybridized carbons (Fsp3) is 0.450. The highest BCUT2D eigenvalue weighted by Crippen LogP contribution is 2.43. The second-order valence-corrected chi connectivity index (χ2v) is 8.21. The zero-order chi connectivity index (χ0) is 18.4. The third-order valence-electron chi connectivity index (χ3n) is 5.57. The minimum atomic E-state index is -1.29. The molecule has 2 N–H and O–H groups in total. The van der Waals surface area contributed by atoms with Crippen molar-refractivity contribution in [2.24, 2.45) is 5.92 Å². The lowest BCUT2D eigenvalue weighted by molar-refractivity contribution is -0.125. The lowest BCUT2D eigenvalue weighted by Gasteiger charge is -2.39. The highest BCUT2D eigenvalue weighted by Gasteiger charge is 2.36. The van der Waals surface area contributed by atoms with Crippen molar-refractivity contribution in [1.29, 1.82) is 0 Å². The SMILES string of the molecule is CC(F)C(CO)NC(=O)C1C=C2c3cccc4scc(c34)CC2N(C)C1. The topological polar surface area (TPSA) is 52.6 Å². The summed E-state index contributed by atoms with van der Waals surface area (Å²) >= 11 is 1.77. The van der Waals surface area contributed by atoms with Crippen LogP contribution in [0, 0.1) is 5.92 Å². The maximum absolute atomic E-state index is 13.5. The standard InChI is InChI=1S/C20H23FN2O2S/c1-11(21)16(9-24)22-20(25)12-6-15-14-4-3-5-18-19(14)13(10-26-18)7-17(15)23(2)8-12/h3-6,10-12,16-17,24H,7-9H2,1-2H3,(H,22,25). The Labute approximate surface area is 156 Å². The normalized spacial score (nSPS) is 24.7. The minimum Gasteiger partial charge on any atom is -0.394 e. The molecule has 1 aliphatic heterocycles. The molecule has 4 rings (SSSR count). The molecule has 0 bridgehead atoms. The minimum absolute atomic E-state index is 0.227. The molecule has 6 heteroatoms. The lowest BCUT2D eigenvalue weighted by atomic mass is 9.80. The van der Waals surface area contributed by atoms with E-state index in [9.17, 15) is 14.3 Å². The predicted molar refractivity (Wildman–Crippen MR) is 103 cm³/mol. The molecule has 0 fully saturated rings. The number of thiophene rings is 1. The molecule has 4 unspecified atom stereocenters. The fourth-order valence-corrected chi connectivity index (χ4v) is 5.10. The van der Waals surface area contributed by atoms with Crippen LogP contribution in [0.25, 0.3) is 15.7 Å². The van der Waals surface area contributed by atoms with Crippen LogP contribution in [0.3, 0.4) is 0 Å². The van der Waals surface area contributed by atoms with Gasteiger partial charge in [0.2, 0.25) is 5.91 Å². The third kappa shape index (κ3) is 2.86. The number of alkyl halides is 1. The van der Waals surface area contributed by atoms with Crippen LogP contribution in [0.1, 0.15) is 18.1 Å². The Morgan fingerprint density at radius 1 is 1.50 bits per heavy atom. The van der Waals surface area contributed by atoms with Gasteiger partial charge in [-0.05, 0) is 48.5 Å². The molecule has 2 aliphatic rings. The zero-order valence-electron chi connectivity index (χ0n) is 14.9. The summed E-state index contributed by atoms with van der Waals surface area (Å²) < 4.78 is 14.8. The van der Waals surface area contributed by atoms with Gasteiger partial charge in [0.1, 0.15) is 6.17 Å². The van der Waals surface area contributed by atoms with Crippen molar-refractivity contribution in [2.45, 2.75) is 31.6 Å². The number of rotatable bonds is 4. The second-order valence-electron chi connectivity index (χ2n) is 7.30. The first-order valence-electron chi connectivity index (χ1n) is 8.96. The van der Waals surface area contributed by atoms with Crippen molar-refractivity contribution in [2.75, 3.05) is 20.2 Å². The largest absolute Gasteiger partial charge is 0.394 e. The van der Waals surface area contributed by atoms with E-state index >= 15 is 0 Å². The molecule has 138 valence electrons. The summed E-state index contributed by atoms with van der Waals surface area (Å²) in [7, 11) is 2.04. The molecule has 2 aromatic rings. The Bertz CT molecular complexity index is 876. The average Bonchev–Trinajstić information content (AvgIpc) is 3.04. The first-order chi connectivity index (χ1) is 12.5. The molecule has 4 atom stereocenters. The van der Waals surface area contributed by atoms with E-state index in [4.69, 9.17) is 0 Å². The molecule has 0 radical (unpaired) electrons. The molecule has 26 heavy (non-hydrogen) atoms. The van der Waals surface area contributed by atoms with E-state index in [-0.39, 0.29) is 17.9 Å². The summed E-state index contributed by atoms with van der Waals surface area (Å²) in [4.78, 5) is 14.9. The molecular weight excluding hydrogens is 351 g/mol. The van der Waals surface area contributed by atoms with Gasteiger partial charge in [0.15, 0.2) is 0 Å². The van der Waals surface area contributed by atoms with E-state index in [1.165, 1.54) is 33.7 Å². The molecular formula is C20H23FN2O2S. The predicted octanol–water partition coefficient (Wildman–Crippen LogP) is 2.61. The number of carbonyl (C=O) groups excluding carboxylic acids is 1. The van der Waals surface area contributed by atoms with Crippen LogP contribution in [-0.4, -0.2) is 54.4 Å². The summed E-state index contributed by atoms with van der Waals surface area (Å²) in [5, 5.41) is 15.5. The van der Waals surface area contributed by atoms with Crippen molar-refractivity contribution >= 4 is 32.9 Å². The van der Waals surface area contributed by atoms with Crippen LogP contribution in [-0.2, 0) is 11.2 Å². The average molecular weight is 374 g/mol. The summed E-state index contributed by atoms with van der Waals surface area (Å²) in [6.07, 6.45) is 1.71. The van der Waals surface area contributed by atoms with Gasteiger partial charge < -0.3 is 10.4 Å². The molecule has 1 amide bonds. The zero-order valence-corrected chi connectivity index (χ0v) is 15.7. The van der Waals surface area contributed by atoms with Crippen LogP contribution in [0.4, 0.5) is 4.39 Å². The molecule has 4 nitrogen and oxygen atoms in total. The Morgan fingerprint density at radius 2 is 2.31 bits per heavy atom. The molecule has 2 heterocycles. The van der Waals surface area contributed by atoms with Gasteiger partial charge in [-0.3, -0.25) is 9.69 Å². The first-order valence-corrected chi connectivity index (χ1v) is 9.84. The van der Waals surface area contributed by atoms with Crippen molar-refractivity contribution < 1.29 is 14.3 Å². The van der Waals surface area contributed by atoms with Gasteiger partial charge in [0, 0.05) is 22.7 Å². The second kappa shape index (κ2) is 6.76. The number of amides is 1. The van der Waals surface area contributed by atoms with E-state index < -0.39 is 18.8 Å². The molecule has 0 saturated carbocycles. The highest BCUT2D eigenvalue weighted by atomic mass is 32.1. The Kier molecular flexibility index (Phi) is 4.59.